The first-order chi connectivity index (χ1) is 6.90. The highest BCUT2D eigenvalue weighted by Gasteiger charge is 2.44. The first-order valence-electron chi connectivity index (χ1n) is 5.59. The van der Waals surface area contributed by atoms with Crippen LogP contribution in [0.4, 0.5) is 0 Å². The molecule has 2 unspecified atom stereocenters. The van der Waals surface area contributed by atoms with Crippen LogP contribution in [0.2, 0.25) is 0 Å². The van der Waals surface area contributed by atoms with E-state index in [0.29, 0.717) is 6.42 Å². The van der Waals surface area contributed by atoms with Crippen molar-refractivity contribution in [2.24, 2.45) is 17.3 Å². The Balaban J connectivity index is 2.98. The molecule has 0 aromatic heterocycles. The second-order valence-corrected chi connectivity index (χ2v) is 5.12. The molecule has 0 spiro atoms. The van der Waals surface area contributed by atoms with E-state index in [-0.39, 0.29) is 28.8 Å². The lowest BCUT2D eigenvalue weighted by Gasteiger charge is -2.40. The highest BCUT2D eigenvalue weighted by Crippen LogP contribution is 2.42. The predicted octanol–water partition coefficient (Wildman–Crippen LogP) is 2.77. The Labute approximate surface area is 91.7 Å². The van der Waals surface area contributed by atoms with E-state index in [0.717, 1.165) is 6.42 Å². The highest BCUT2D eigenvalue weighted by molar-refractivity contribution is 5.97. The number of allylic oxidation sites excluding steroid dienone is 2. The van der Waals surface area contributed by atoms with Gasteiger partial charge in [-0.25, -0.2) is 0 Å². The van der Waals surface area contributed by atoms with Crippen molar-refractivity contribution in [3.8, 4) is 0 Å². The van der Waals surface area contributed by atoms with E-state index in [2.05, 4.69) is 13.8 Å². The minimum Gasteiger partial charge on any atom is -0.299 e. The predicted molar refractivity (Wildman–Crippen MR) is 60.5 cm³/mol. The van der Waals surface area contributed by atoms with Crippen LogP contribution in [-0.4, -0.2) is 11.6 Å². The van der Waals surface area contributed by atoms with Crippen molar-refractivity contribution in [1.82, 2.24) is 0 Å². The van der Waals surface area contributed by atoms with Crippen LogP contribution in [0.1, 0.15) is 40.5 Å². The van der Waals surface area contributed by atoms with Gasteiger partial charge >= 0.3 is 0 Å². The molecule has 1 fully saturated rings. The number of Topliss-reactive ketones (excluding diaryl/α,β-unsaturated/α-hetero) is 1. The largest absolute Gasteiger partial charge is 0.299 e. The zero-order chi connectivity index (χ0) is 11.6. The molecule has 84 valence electrons. The molecular formula is C13H20O2. The summed E-state index contributed by atoms with van der Waals surface area (Å²) in [6.45, 7) is 7.89. The van der Waals surface area contributed by atoms with Crippen LogP contribution >= 0.6 is 0 Å². The van der Waals surface area contributed by atoms with Gasteiger partial charge in [0.25, 0.3) is 0 Å². The maximum atomic E-state index is 11.9. The first-order valence-corrected chi connectivity index (χ1v) is 5.59. The lowest BCUT2D eigenvalue weighted by atomic mass is 9.62. The second kappa shape index (κ2) is 4.30. The molecule has 0 amide bonds. The van der Waals surface area contributed by atoms with Gasteiger partial charge < -0.3 is 0 Å². The summed E-state index contributed by atoms with van der Waals surface area (Å²) in [6, 6.07) is 0. The van der Waals surface area contributed by atoms with Gasteiger partial charge in [0.2, 0.25) is 0 Å². The first kappa shape index (κ1) is 12.2. The molecule has 2 atom stereocenters. The third kappa shape index (κ3) is 2.36. The van der Waals surface area contributed by atoms with E-state index in [4.69, 9.17) is 0 Å². The van der Waals surface area contributed by atoms with Crippen LogP contribution in [0.25, 0.3) is 0 Å². The van der Waals surface area contributed by atoms with Crippen LogP contribution < -0.4 is 0 Å². The Morgan fingerprint density at radius 2 is 2.07 bits per heavy atom. The van der Waals surface area contributed by atoms with Crippen LogP contribution in [0, 0.1) is 17.3 Å². The van der Waals surface area contributed by atoms with Gasteiger partial charge in [0, 0.05) is 18.3 Å². The summed E-state index contributed by atoms with van der Waals surface area (Å²) in [6.07, 6.45) is 4.80. The fourth-order valence-electron chi connectivity index (χ4n) is 2.59. The van der Waals surface area contributed by atoms with E-state index in [1.54, 1.807) is 12.2 Å². The summed E-state index contributed by atoms with van der Waals surface area (Å²) in [5, 5.41) is 0. The molecule has 2 nitrogen and oxygen atoms in total. The number of hydrogen-bond acceptors (Lipinski definition) is 2. The Hall–Kier alpha value is -0.920. The molecule has 1 aliphatic carbocycles. The molecule has 0 radical (unpaired) electrons. The van der Waals surface area contributed by atoms with Gasteiger partial charge in [0.1, 0.15) is 5.78 Å². The number of carbonyl (C=O) groups is 2. The molecule has 0 saturated heterocycles. The van der Waals surface area contributed by atoms with Gasteiger partial charge in [0.05, 0.1) is 0 Å². The van der Waals surface area contributed by atoms with Gasteiger partial charge in [-0.15, -0.1) is 0 Å². The molecule has 0 bridgehead atoms. The monoisotopic (exact) mass is 208 g/mol. The third-order valence-electron chi connectivity index (χ3n) is 3.50. The molecule has 0 heterocycles. The average molecular weight is 208 g/mol. The van der Waals surface area contributed by atoms with Gasteiger partial charge in [-0.2, -0.15) is 0 Å². The Morgan fingerprint density at radius 3 is 2.60 bits per heavy atom. The summed E-state index contributed by atoms with van der Waals surface area (Å²) in [7, 11) is 0. The van der Waals surface area contributed by atoms with Crippen molar-refractivity contribution in [2.75, 3.05) is 0 Å². The summed E-state index contributed by atoms with van der Waals surface area (Å²) >= 11 is 0. The molecule has 0 aliphatic heterocycles. The third-order valence-corrected chi connectivity index (χ3v) is 3.50. The SMILES string of the molecule is C/C=C/C(=O)C1C(C)C(=O)CCC1(C)C. The van der Waals surface area contributed by atoms with E-state index in [1.165, 1.54) is 0 Å². The minimum atomic E-state index is -0.144. The van der Waals surface area contributed by atoms with Crippen molar-refractivity contribution in [2.45, 2.75) is 40.5 Å². The lowest BCUT2D eigenvalue weighted by Crippen LogP contribution is -2.43. The number of ketones is 2. The Morgan fingerprint density at radius 1 is 1.47 bits per heavy atom. The molecule has 0 aromatic rings. The summed E-state index contributed by atoms with van der Waals surface area (Å²) < 4.78 is 0. The van der Waals surface area contributed by atoms with E-state index >= 15 is 0 Å². The maximum absolute atomic E-state index is 11.9. The summed E-state index contributed by atoms with van der Waals surface area (Å²) in [5.41, 5.74) is -0.0517. The van der Waals surface area contributed by atoms with E-state index in [9.17, 15) is 9.59 Å². The molecular weight excluding hydrogens is 188 g/mol. The molecule has 0 N–H and O–H groups in total. The maximum Gasteiger partial charge on any atom is 0.159 e. The smallest absolute Gasteiger partial charge is 0.159 e. The lowest BCUT2D eigenvalue weighted by molar-refractivity contribution is -0.138. The van der Waals surface area contributed by atoms with Gasteiger partial charge in [0.15, 0.2) is 5.78 Å². The van der Waals surface area contributed by atoms with E-state index in [1.807, 2.05) is 13.8 Å². The molecule has 15 heavy (non-hydrogen) atoms. The highest BCUT2D eigenvalue weighted by atomic mass is 16.1. The van der Waals surface area contributed by atoms with Crippen LogP contribution in [0.5, 0.6) is 0 Å². The number of carbonyl (C=O) groups excluding carboxylic acids is 2. The molecule has 1 aliphatic rings. The number of rotatable bonds is 2. The fraction of sp³-hybridized carbons (Fsp3) is 0.692. The zero-order valence-corrected chi connectivity index (χ0v) is 10.0. The topological polar surface area (TPSA) is 34.1 Å². The van der Waals surface area contributed by atoms with Gasteiger partial charge in [-0.3, -0.25) is 9.59 Å². The molecule has 2 heteroatoms. The summed E-state index contributed by atoms with van der Waals surface area (Å²) in [4.78, 5) is 23.6. The quantitative estimate of drug-likeness (QED) is 0.654. The average Bonchev–Trinajstić information content (AvgIpc) is 2.12. The van der Waals surface area contributed by atoms with Crippen LogP contribution in [0.15, 0.2) is 12.2 Å². The van der Waals surface area contributed by atoms with Gasteiger partial charge in [-0.05, 0) is 24.8 Å². The van der Waals surface area contributed by atoms with Crippen molar-refractivity contribution in [1.29, 1.82) is 0 Å². The van der Waals surface area contributed by atoms with E-state index < -0.39 is 0 Å². The zero-order valence-electron chi connectivity index (χ0n) is 10.0. The Kier molecular flexibility index (Phi) is 3.48. The number of hydrogen-bond donors (Lipinski definition) is 0. The normalized spacial score (nSPS) is 30.8. The molecule has 0 aromatic carbocycles. The van der Waals surface area contributed by atoms with Crippen molar-refractivity contribution in [3.63, 3.8) is 0 Å². The van der Waals surface area contributed by atoms with Crippen LogP contribution in [-0.2, 0) is 9.59 Å². The second-order valence-electron chi connectivity index (χ2n) is 5.12. The van der Waals surface area contributed by atoms with Crippen molar-refractivity contribution < 1.29 is 9.59 Å². The fourth-order valence-corrected chi connectivity index (χ4v) is 2.59. The minimum absolute atomic E-state index is 0.0517. The Bertz CT molecular complexity index is 300. The standard InChI is InChI=1S/C13H20O2/c1-5-6-11(15)12-9(2)10(14)7-8-13(12,3)4/h5-6,9,12H,7-8H2,1-4H3/b6-5+. The van der Waals surface area contributed by atoms with Crippen molar-refractivity contribution in [3.05, 3.63) is 12.2 Å². The molecule has 1 rings (SSSR count). The van der Waals surface area contributed by atoms with Gasteiger partial charge in [-0.1, -0.05) is 26.8 Å². The van der Waals surface area contributed by atoms with Crippen molar-refractivity contribution >= 4 is 11.6 Å². The van der Waals surface area contributed by atoms with Crippen LogP contribution in [0.3, 0.4) is 0 Å². The molecule has 1 saturated carbocycles. The summed E-state index contributed by atoms with van der Waals surface area (Å²) in [5.74, 6) is 0.0626.